The topological polar surface area (TPSA) is 46.6 Å². The van der Waals surface area contributed by atoms with E-state index in [0.717, 1.165) is 27.8 Å². The SMILES string of the molecule is O=C1S/C(=C\c2ccc(OCc3ccc(Cl)cc3Cl)c(Br)c2)C(=O)N1Cc1ccc(Cl)cc1Cl. The fourth-order valence-corrected chi connectivity index (χ4v) is 5.41. The first-order valence-electron chi connectivity index (χ1n) is 9.77. The number of hydrogen-bond acceptors (Lipinski definition) is 4. The largest absolute Gasteiger partial charge is 0.488 e. The smallest absolute Gasteiger partial charge is 0.293 e. The van der Waals surface area contributed by atoms with E-state index in [0.29, 0.717) is 40.8 Å². The molecule has 0 aliphatic carbocycles. The van der Waals surface area contributed by atoms with E-state index in [1.54, 1.807) is 54.6 Å². The zero-order valence-corrected chi connectivity index (χ0v) is 22.6. The van der Waals surface area contributed by atoms with Crippen LogP contribution in [-0.4, -0.2) is 16.0 Å². The fourth-order valence-electron chi connectivity index (χ4n) is 3.13. The van der Waals surface area contributed by atoms with Crippen molar-refractivity contribution in [3.8, 4) is 5.75 Å². The summed E-state index contributed by atoms with van der Waals surface area (Å²) in [5.41, 5.74) is 2.18. The molecule has 34 heavy (non-hydrogen) atoms. The van der Waals surface area contributed by atoms with E-state index in [9.17, 15) is 9.59 Å². The Hall–Kier alpha value is -1.67. The van der Waals surface area contributed by atoms with Crippen LogP contribution in [0.5, 0.6) is 5.75 Å². The van der Waals surface area contributed by atoms with Crippen LogP contribution >= 0.6 is 74.1 Å². The van der Waals surface area contributed by atoms with Crippen molar-refractivity contribution in [3.05, 3.63) is 101 Å². The van der Waals surface area contributed by atoms with Gasteiger partial charge in [0.2, 0.25) is 0 Å². The minimum Gasteiger partial charge on any atom is -0.488 e. The number of imide groups is 1. The maximum absolute atomic E-state index is 12.9. The Bertz CT molecular complexity index is 1330. The van der Waals surface area contributed by atoms with Gasteiger partial charge in [-0.1, -0.05) is 64.6 Å². The predicted octanol–water partition coefficient (Wildman–Crippen LogP) is 8.88. The Morgan fingerprint density at radius 1 is 0.882 bits per heavy atom. The van der Waals surface area contributed by atoms with Crippen molar-refractivity contribution in [2.45, 2.75) is 13.2 Å². The molecule has 4 nitrogen and oxygen atoms in total. The first-order chi connectivity index (χ1) is 16.2. The first kappa shape index (κ1) is 25.4. The van der Waals surface area contributed by atoms with Gasteiger partial charge >= 0.3 is 0 Å². The Morgan fingerprint density at radius 2 is 1.53 bits per heavy atom. The average molecular weight is 618 g/mol. The van der Waals surface area contributed by atoms with Crippen LogP contribution in [0, 0.1) is 0 Å². The van der Waals surface area contributed by atoms with Gasteiger partial charge in [0.05, 0.1) is 15.9 Å². The summed E-state index contributed by atoms with van der Waals surface area (Å²) >= 11 is 28.6. The van der Waals surface area contributed by atoms with Crippen LogP contribution in [0.15, 0.2) is 64.0 Å². The molecule has 0 unspecified atom stereocenters. The monoisotopic (exact) mass is 615 g/mol. The molecule has 0 spiro atoms. The van der Waals surface area contributed by atoms with Gasteiger partial charge in [-0.05, 0) is 81.3 Å². The molecule has 3 aromatic rings. The molecule has 0 aromatic heterocycles. The molecule has 2 amide bonds. The van der Waals surface area contributed by atoms with Crippen molar-refractivity contribution in [2.75, 3.05) is 0 Å². The van der Waals surface area contributed by atoms with Gasteiger partial charge in [-0.2, -0.15) is 0 Å². The van der Waals surface area contributed by atoms with Gasteiger partial charge in [0.1, 0.15) is 12.4 Å². The van der Waals surface area contributed by atoms with E-state index in [-0.39, 0.29) is 24.3 Å². The van der Waals surface area contributed by atoms with E-state index < -0.39 is 0 Å². The molecule has 10 heteroatoms. The molecule has 174 valence electrons. The molecule has 1 aliphatic heterocycles. The average Bonchev–Trinajstić information content (AvgIpc) is 3.03. The quantitative estimate of drug-likeness (QED) is 0.259. The molecular weight excluding hydrogens is 604 g/mol. The van der Waals surface area contributed by atoms with Gasteiger partial charge in [-0.3, -0.25) is 14.5 Å². The third-order valence-corrected chi connectivity index (χ3v) is 7.57. The minimum atomic E-state index is -0.380. The minimum absolute atomic E-state index is 0.0712. The number of rotatable bonds is 6. The van der Waals surface area contributed by atoms with Crippen LogP contribution < -0.4 is 4.74 Å². The summed E-state index contributed by atoms with van der Waals surface area (Å²) in [4.78, 5) is 26.8. The highest BCUT2D eigenvalue weighted by molar-refractivity contribution is 9.10. The number of amides is 2. The second-order valence-electron chi connectivity index (χ2n) is 7.22. The number of nitrogens with zero attached hydrogens (tertiary/aromatic N) is 1. The van der Waals surface area contributed by atoms with Crippen molar-refractivity contribution >= 4 is 91.3 Å². The van der Waals surface area contributed by atoms with Crippen molar-refractivity contribution in [1.29, 1.82) is 0 Å². The standard InChI is InChI=1S/C24H14BrCl4NO3S/c25-18-7-13(1-6-21(18)33-12-15-3-5-17(27)10-20(15)29)8-22-23(31)30(24(32)34-22)11-14-2-4-16(26)9-19(14)28/h1-10H,11-12H2/b22-8-. The van der Waals surface area contributed by atoms with Crippen LogP contribution in [0.2, 0.25) is 20.1 Å². The summed E-state index contributed by atoms with van der Waals surface area (Å²) in [5, 5.41) is 1.60. The molecule has 3 aromatic carbocycles. The summed E-state index contributed by atoms with van der Waals surface area (Å²) in [5.74, 6) is 0.225. The Kier molecular flexibility index (Phi) is 8.18. The normalized spacial score (nSPS) is 14.9. The third-order valence-electron chi connectivity index (χ3n) is 4.87. The molecule has 0 radical (unpaired) electrons. The number of ether oxygens (including phenoxy) is 1. The Morgan fingerprint density at radius 3 is 2.15 bits per heavy atom. The fraction of sp³-hybridized carbons (Fsp3) is 0.0833. The lowest BCUT2D eigenvalue weighted by molar-refractivity contribution is -0.123. The molecule has 1 aliphatic rings. The van der Waals surface area contributed by atoms with Crippen molar-refractivity contribution in [1.82, 2.24) is 4.90 Å². The predicted molar refractivity (Wildman–Crippen MR) is 143 cm³/mol. The molecule has 0 bridgehead atoms. The lowest BCUT2D eigenvalue weighted by Gasteiger charge is -2.13. The zero-order valence-electron chi connectivity index (χ0n) is 17.2. The van der Waals surface area contributed by atoms with Gasteiger partial charge in [-0.25, -0.2) is 0 Å². The lowest BCUT2D eigenvalue weighted by Crippen LogP contribution is -2.27. The molecule has 1 heterocycles. The summed E-state index contributed by atoms with van der Waals surface area (Å²) in [6, 6.07) is 15.5. The molecule has 0 N–H and O–H groups in total. The van der Waals surface area contributed by atoms with Gasteiger partial charge < -0.3 is 4.74 Å². The molecular formula is C24H14BrCl4NO3S. The van der Waals surface area contributed by atoms with Gasteiger partial charge in [0.15, 0.2) is 0 Å². The number of thioether (sulfide) groups is 1. The molecule has 1 fully saturated rings. The van der Waals surface area contributed by atoms with E-state index in [4.69, 9.17) is 51.1 Å². The van der Waals surface area contributed by atoms with Crippen LogP contribution in [0.4, 0.5) is 4.79 Å². The summed E-state index contributed by atoms with van der Waals surface area (Å²) in [7, 11) is 0. The molecule has 0 saturated carbocycles. The highest BCUT2D eigenvalue weighted by Crippen LogP contribution is 2.36. The molecule has 1 saturated heterocycles. The number of carbonyl (C=O) groups is 2. The summed E-state index contributed by atoms with van der Waals surface area (Å²) in [6.07, 6.45) is 1.67. The van der Waals surface area contributed by atoms with E-state index in [1.165, 1.54) is 0 Å². The highest BCUT2D eigenvalue weighted by atomic mass is 79.9. The maximum Gasteiger partial charge on any atom is 0.293 e. The number of halogens is 5. The Labute approximate surface area is 228 Å². The summed E-state index contributed by atoms with van der Waals surface area (Å²) in [6.45, 7) is 0.335. The lowest BCUT2D eigenvalue weighted by atomic mass is 10.2. The van der Waals surface area contributed by atoms with Gasteiger partial charge in [-0.15, -0.1) is 0 Å². The van der Waals surface area contributed by atoms with Crippen LogP contribution in [0.3, 0.4) is 0 Å². The van der Waals surface area contributed by atoms with Crippen LogP contribution in [0.1, 0.15) is 16.7 Å². The first-order valence-corrected chi connectivity index (χ1v) is 12.9. The molecule has 0 atom stereocenters. The van der Waals surface area contributed by atoms with E-state index >= 15 is 0 Å². The number of benzene rings is 3. The van der Waals surface area contributed by atoms with E-state index in [2.05, 4.69) is 15.9 Å². The van der Waals surface area contributed by atoms with Gasteiger partial charge in [0, 0.05) is 25.7 Å². The highest BCUT2D eigenvalue weighted by Gasteiger charge is 2.35. The van der Waals surface area contributed by atoms with Crippen molar-refractivity contribution < 1.29 is 14.3 Å². The molecule has 4 rings (SSSR count). The van der Waals surface area contributed by atoms with Crippen LogP contribution in [0.25, 0.3) is 6.08 Å². The second kappa shape index (κ2) is 10.9. The van der Waals surface area contributed by atoms with Crippen LogP contribution in [-0.2, 0) is 17.9 Å². The van der Waals surface area contributed by atoms with Crippen molar-refractivity contribution in [3.63, 3.8) is 0 Å². The Balaban J connectivity index is 1.46. The summed E-state index contributed by atoms with van der Waals surface area (Å²) < 4.78 is 6.55. The maximum atomic E-state index is 12.9. The second-order valence-corrected chi connectivity index (χ2v) is 10.8. The number of hydrogen-bond donors (Lipinski definition) is 0. The van der Waals surface area contributed by atoms with Crippen molar-refractivity contribution in [2.24, 2.45) is 0 Å². The number of carbonyl (C=O) groups excluding carboxylic acids is 2. The third kappa shape index (κ3) is 5.93. The van der Waals surface area contributed by atoms with Gasteiger partial charge in [0.25, 0.3) is 11.1 Å². The van der Waals surface area contributed by atoms with E-state index in [1.807, 2.05) is 6.07 Å². The zero-order chi connectivity index (χ0) is 24.4.